The van der Waals surface area contributed by atoms with Gasteiger partial charge >= 0.3 is 0 Å². The number of hydrogen-bond acceptors (Lipinski definition) is 3. The van der Waals surface area contributed by atoms with Crippen molar-refractivity contribution in [2.75, 3.05) is 33.0 Å². The van der Waals surface area contributed by atoms with E-state index in [4.69, 9.17) is 13.9 Å². The highest BCUT2D eigenvalue weighted by Gasteiger charge is 2.12. The predicted molar refractivity (Wildman–Crippen MR) is 121 cm³/mol. The molecule has 0 aromatic carbocycles. The zero-order valence-corrected chi connectivity index (χ0v) is 20.2. The molecule has 0 saturated heterocycles. The maximum atomic E-state index is 5.74. The van der Waals surface area contributed by atoms with E-state index in [0.717, 1.165) is 6.61 Å². The summed E-state index contributed by atoms with van der Waals surface area (Å²) in [4.78, 5) is 0. The first-order chi connectivity index (χ1) is 13.1. The summed E-state index contributed by atoms with van der Waals surface area (Å²) in [6.07, 6.45) is 19.6. The first-order valence-electron chi connectivity index (χ1n) is 11.9. The van der Waals surface area contributed by atoms with Gasteiger partial charge in [-0.15, -0.1) is 0 Å². The Hall–Kier alpha value is 0.0969. The smallest absolute Gasteiger partial charge is 0.183 e. The Morgan fingerprint density at radius 1 is 0.444 bits per heavy atom. The van der Waals surface area contributed by atoms with Crippen LogP contribution in [0.3, 0.4) is 0 Å². The van der Waals surface area contributed by atoms with Crippen molar-refractivity contribution in [1.29, 1.82) is 0 Å². The van der Waals surface area contributed by atoms with Crippen molar-refractivity contribution in [2.24, 2.45) is 0 Å². The highest BCUT2D eigenvalue weighted by Crippen LogP contribution is 2.12. The lowest BCUT2D eigenvalue weighted by atomic mass is 10.0. The van der Waals surface area contributed by atoms with Crippen molar-refractivity contribution in [3.8, 4) is 0 Å². The molecule has 0 amide bonds. The Morgan fingerprint density at radius 3 is 1.26 bits per heavy atom. The van der Waals surface area contributed by atoms with Gasteiger partial charge in [-0.3, -0.25) is 0 Å². The number of unbranched alkanes of at least 4 members (excludes halogenated alkanes) is 13. The Morgan fingerprint density at radius 2 is 0.815 bits per heavy atom. The minimum Gasteiger partial charge on any atom is -0.415 e. The van der Waals surface area contributed by atoms with Gasteiger partial charge in [0, 0.05) is 6.61 Å². The van der Waals surface area contributed by atoms with Crippen LogP contribution in [-0.4, -0.2) is 41.4 Å². The standard InChI is InChI=1S/C23H50O3Si/c1-5-6-7-8-9-10-11-12-13-14-15-16-17-18-19-24-20-21-25-22-23-26-27(2,3)4/h5-23H2,1-4H3. The van der Waals surface area contributed by atoms with Crippen molar-refractivity contribution in [2.45, 2.75) is 116 Å². The zero-order chi connectivity index (χ0) is 20.1. The number of hydrogen-bond donors (Lipinski definition) is 0. The van der Waals surface area contributed by atoms with Crippen molar-refractivity contribution in [3.05, 3.63) is 0 Å². The molecule has 4 heteroatoms. The lowest BCUT2D eigenvalue weighted by Crippen LogP contribution is -2.27. The molecule has 27 heavy (non-hydrogen) atoms. The summed E-state index contributed by atoms with van der Waals surface area (Å²) in [6.45, 7) is 12.6. The normalized spacial score (nSPS) is 12.0. The molecule has 0 unspecified atom stereocenters. The second kappa shape index (κ2) is 20.8. The lowest BCUT2D eigenvalue weighted by Gasteiger charge is -2.16. The third-order valence-corrected chi connectivity index (χ3v) is 5.85. The highest BCUT2D eigenvalue weighted by atomic mass is 28.4. The second-order valence-electron chi connectivity index (χ2n) is 8.78. The molecule has 0 fully saturated rings. The summed E-state index contributed by atoms with van der Waals surface area (Å²) >= 11 is 0. The quantitative estimate of drug-likeness (QED) is 0.140. The third kappa shape index (κ3) is 26.1. The molecule has 0 aromatic rings. The molecule has 0 N–H and O–H groups in total. The van der Waals surface area contributed by atoms with Gasteiger partial charge in [0.1, 0.15) is 0 Å². The second-order valence-corrected chi connectivity index (χ2v) is 13.3. The monoisotopic (exact) mass is 402 g/mol. The molecule has 0 bridgehead atoms. The van der Waals surface area contributed by atoms with E-state index >= 15 is 0 Å². The molecular formula is C23H50O3Si. The molecule has 0 aliphatic carbocycles. The molecule has 164 valence electrons. The summed E-state index contributed by atoms with van der Waals surface area (Å²) in [5.74, 6) is 0. The SMILES string of the molecule is CCCCCCCCCCCCCCCCOCCOCCO[Si](C)(C)C. The Kier molecular flexibility index (Phi) is 20.9. The van der Waals surface area contributed by atoms with Crippen LogP contribution in [0.15, 0.2) is 0 Å². The lowest BCUT2D eigenvalue weighted by molar-refractivity contribution is 0.0343. The molecule has 0 rings (SSSR count). The summed E-state index contributed by atoms with van der Waals surface area (Å²) in [7, 11) is -1.38. The van der Waals surface area contributed by atoms with Crippen LogP contribution in [0.4, 0.5) is 0 Å². The van der Waals surface area contributed by atoms with E-state index in [1.165, 1.54) is 89.9 Å². The topological polar surface area (TPSA) is 27.7 Å². The van der Waals surface area contributed by atoms with Crippen LogP contribution >= 0.6 is 0 Å². The summed E-state index contributed by atoms with van der Waals surface area (Å²) in [5.41, 5.74) is 0. The minimum absolute atomic E-state index is 0.687. The first-order valence-corrected chi connectivity index (χ1v) is 15.3. The van der Waals surface area contributed by atoms with Gasteiger partial charge in [-0.1, -0.05) is 90.4 Å². The molecule has 0 heterocycles. The van der Waals surface area contributed by atoms with Crippen molar-refractivity contribution in [1.82, 2.24) is 0 Å². The van der Waals surface area contributed by atoms with E-state index in [0.29, 0.717) is 26.4 Å². The van der Waals surface area contributed by atoms with Crippen molar-refractivity contribution >= 4 is 8.32 Å². The minimum atomic E-state index is -1.38. The summed E-state index contributed by atoms with van der Waals surface area (Å²) in [5, 5.41) is 0. The van der Waals surface area contributed by atoms with Gasteiger partial charge in [-0.25, -0.2) is 0 Å². The van der Waals surface area contributed by atoms with Gasteiger partial charge in [-0.05, 0) is 26.1 Å². The third-order valence-electron chi connectivity index (χ3n) is 4.78. The number of rotatable bonds is 22. The van der Waals surface area contributed by atoms with Gasteiger partial charge in [-0.2, -0.15) is 0 Å². The van der Waals surface area contributed by atoms with E-state index in [1.54, 1.807) is 0 Å². The van der Waals surface area contributed by atoms with Crippen LogP contribution in [-0.2, 0) is 13.9 Å². The molecule has 0 radical (unpaired) electrons. The largest absolute Gasteiger partial charge is 0.415 e. The van der Waals surface area contributed by atoms with Crippen LogP contribution in [0.25, 0.3) is 0 Å². The average molecular weight is 403 g/mol. The maximum absolute atomic E-state index is 5.74. The van der Waals surface area contributed by atoms with Crippen molar-refractivity contribution in [3.63, 3.8) is 0 Å². The predicted octanol–water partition coefficient (Wildman–Crippen LogP) is 7.35. The van der Waals surface area contributed by atoms with Crippen LogP contribution in [0.2, 0.25) is 19.6 Å². The molecule has 0 saturated carbocycles. The molecule has 3 nitrogen and oxygen atoms in total. The van der Waals surface area contributed by atoms with Gasteiger partial charge in [0.05, 0.1) is 26.4 Å². The Bertz CT molecular complexity index is 279. The van der Waals surface area contributed by atoms with E-state index in [1.807, 2.05) is 0 Å². The average Bonchev–Trinajstić information content (AvgIpc) is 2.62. The van der Waals surface area contributed by atoms with E-state index in [2.05, 4.69) is 26.6 Å². The maximum Gasteiger partial charge on any atom is 0.183 e. The van der Waals surface area contributed by atoms with Crippen LogP contribution in [0, 0.1) is 0 Å². The molecule has 0 spiro atoms. The van der Waals surface area contributed by atoms with Crippen LogP contribution in [0.5, 0.6) is 0 Å². The van der Waals surface area contributed by atoms with Gasteiger partial charge in [0.2, 0.25) is 0 Å². The van der Waals surface area contributed by atoms with Gasteiger partial charge in [0.15, 0.2) is 8.32 Å². The molecule has 0 atom stereocenters. The van der Waals surface area contributed by atoms with Crippen LogP contribution in [0.1, 0.15) is 96.8 Å². The van der Waals surface area contributed by atoms with Gasteiger partial charge in [0.25, 0.3) is 0 Å². The Labute approximate surface area is 172 Å². The number of ether oxygens (including phenoxy) is 2. The zero-order valence-electron chi connectivity index (χ0n) is 19.2. The first kappa shape index (κ1) is 27.1. The van der Waals surface area contributed by atoms with E-state index in [9.17, 15) is 0 Å². The fourth-order valence-corrected chi connectivity index (χ4v) is 3.82. The van der Waals surface area contributed by atoms with E-state index in [-0.39, 0.29) is 0 Å². The molecule has 0 aliphatic rings. The van der Waals surface area contributed by atoms with Crippen LogP contribution < -0.4 is 0 Å². The van der Waals surface area contributed by atoms with Crippen molar-refractivity contribution < 1.29 is 13.9 Å². The van der Waals surface area contributed by atoms with Gasteiger partial charge < -0.3 is 13.9 Å². The summed E-state index contributed by atoms with van der Waals surface area (Å²) < 4.78 is 16.9. The van der Waals surface area contributed by atoms with E-state index < -0.39 is 8.32 Å². The fraction of sp³-hybridized carbons (Fsp3) is 1.00. The molecule has 0 aliphatic heterocycles. The molecule has 0 aromatic heterocycles. The highest BCUT2D eigenvalue weighted by molar-refractivity contribution is 6.69. The molecular weight excluding hydrogens is 352 g/mol. The fourth-order valence-electron chi connectivity index (χ4n) is 3.13. The Balaban J connectivity index is 3.01. The summed E-state index contributed by atoms with van der Waals surface area (Å²) in [6, 6.07) is 0.